The topological polar surface area (TPSA) is 77.2 Å². The molecule has 6 nitrogen and oxygen atoms in total. The van der Waals surface area contributed by atoms with E-state index in [1.807, 2.05) is 0 Å². The number of unbranched alkanes of at least 4 members (excludes halogenated alkanes) is 13. The molecule has 0 bridgehead atoms. The van der Waals surface area contributed by atoms with Gasteiger partial charge in [0.1, 0.15) is 6.54 Å². The molecule has 6 heteroatoms. The number of hydrogen-bond acceptors (Lipinski definition) is 4. The Morgan fingerprint density at radius 3 is 1.78 bits per heavy atom. The average molecular weight is 446 g/mol. The van der Waals surface area contributed by atoms with Crippen molar-refractivity contribution in [2.45, 2.75) is 103 Å². The minimum Gasteiger partial charge on any atom is -0.454 e. The third kappa shape index (κ3) is 13.7. The van der Waals surface area contributed by atoms with Crippen LogP contribution in [0.25, 0.3) is 0 Å². The zero-order valence-electron chi connectivity index (χ0n) is 19.8. The highest BCUT2D eigenvalue weighted by atomic mass is 16.6. The Morgan fingerprint density at radius 1 is 0.844 bits per heavy atom. The first-order chi connectivity index (χ1) is 15.7. The first kappa shape index (κ1) is 27.5. The van der Waals surface area contributed by atoms with Crippen LogP contribution >= 0.6 is 0 Å². The molecule has 2 heterocycles. The Bertz CT molecular complexity index is 716. The lowest BCUT2D eigenvalue weighted by Crippen LogP contribution is -2.32. The van der Waals surface area contributed by atoms with Crippen LogP contribution in [-0.2, 0) is 6.54 Å². The van der Waals surface area contributed by atoms with Gasteiger partial charge in [-0.3, -0.25) is 14.9 Å². The van der Waals surface area contributed by atoms with E-state index in [-0.39, 0.29) is 11.4 Å². The highest BCUT2D eigenvalue weighted by Gasteiger charge is 2.15. The molecule has 0 atom stereocenters. The summed E-state index contributed by atoms with van der Waals surface area (Å²) in [7, 11) is 0. The standard InChI is InChI=1S/C21H38N.C5H3NO4/c1-2-3-4-5-6-7-8-9-10-11-12-13-14-16-19-22-20-17-15-18-21-22;7-3-5-4(6(8)9)1-2-10-5/h15,17-18,20-21H,2-14,16,19H2,1H3;1-3H/q+1;. The number of hydrogen-bond donors (Lipinski definition) is 0. The van der Waals surface area contributed by atoms with E-state index in [0.29, 0.717) is 6.29 Å². The number of carbonyl (C=O) groups excluding carboxylic acids is 1. The zero-order valence-corrected chi connectivity index (χ0v) is 19.8. The molecule has 0 aliphatic carbocycles. The maximum Gasteiger partial charge on any atom is 0.318 e. The number of rotatable bonds is 17. The molecule has 2 aromatic heterocycles. The van der Waals surface area contributed by atoms with Crippen molar-refractivity contribution in [2.75, 3.05) is 0 Å². The average Bonchev–Trinajstić information content (AvgIpc) is 3.30. The number of aldehydes is 1. The van der Waals surface area contributed by atoms with Crippen LogP contribution in [0.4, 0.5) is 5.69 Å². The van der Waals surface area contributed by atoms with E-state index in [1.54, 1.807) is 0 Å². The summed E-state index contributed by atoms with van der Waals surface area (Å²) in [6.07, 6.45) is 25.8. The summed E-state index contributed by atoms with van der Waals surface area (Å²) >= 11 is 0. The fourth-order valence-corrected chi connectivity index (χ4v) is 3.63. The minimum absolute atomic E-state index is 0.245. The smallest absolute Gasteiger partial charge is 0.318 e. The molecular formula is C26H41N2O4+. The molecule has 0 fully saturated rings. The van der Waals surface area contributed by atoms with Gasteiger partial charge in [-0.15, -0.1) is 0 Å². The van der Waals surface area contributed by atoms with Crippen LogP contribution in [0.15, 0.2) is 47.3 Å². The van der Waals surface area contributed by atoms with Gasteiger partial charge >= 0.3 is 5.69 Å². The Balaban J connectivity index is 0.000000425. The normalized spacial score (nSPS) is 10.4. The Hall–Kier alpha value is -2.50. The lowest BCUT2D eigenvalue weighted by Gasteiger charge is -2.02. The molecular weight excluding hydrogens is 404 g/mol. The Labute approximate surface area is 193 Å². The van der Waals surface area contributed by atoms with Crippen LogP contribution in [0.1, 0.15) is 107 Å². The van der Waals surface area contributed by atoms with Crippen molar-refractivity contribution in [3.05, 3.63) is 58.8 Å². The van der Waals surface area contributed by atoms with Gasteiger partial charge in [0.2, 0.25) is 5.76 Å². The first-order valence-corrected chi connectivity index (χ1v) is 12.3. The van der Waals surface area contributed by atoms with Crippen LogP contribution in [0, 0.1) is 10.1 Å². The summed E-state index contributed by atoms with van der Waals surface area (Å²) in [5.41, 5.74) is -0.296. The van der Waals surface area contributed by atoms with Gasteiger partial charge in [0.05, 0.1) is 17.3 Å². The van der Waals surface area contributed by atoms with E-state index in [1.165, 1.54) is 96.4 Å². The number of pyridine rings is 1. The highest BCUT2D eigenvalue weighted by Crippen LogP contribution is 2.16. The van der Waals surface area contributed by atoms with E-state index < -0.39 is 4.92 Å². The molecule has 0 saturated heterocycles. The van der Waals surface area contributed by atoms with Crippen molar-refractivity contribution in [1.82, 2.24) is 0 Å². The third-order valence-electron chi connectivity index (χ3n) is 5.52. The van der Waals surface area contributed by atoms with Crippen molar-refractivity contribution in [2.24, 2.45) is 0 Å². The fraction of sp³-hybridized carbons (Fsp3) is 0.615. The fourth-order valence-electron chi connectivity index (χ4n) is 3.63. The summed E-state index contributed by atoms with van der Waals surface area (Å²) in [5.74, 6) is -0.245. The molecule has 178 valence electrons. The number of nitro groups is 1. The largest absolute Gasteiger partial charge is 0.454 e. The summed E-state index contributed by atoms with van der Waals surface area (Å²) in [6.45, 7) is 3.47. The minimum atomic E-state index is -0.673. The molecule has 0 unspecified atom stereocenters. The van der Waals surface area contributed by atoms with Gasteiger partial charge < -0.3 is 4.42 Å². The summed E-state index contributed by atoms with van der Waals surface area (Å²) in [4.78, 5) is 19.3. The van der Waals surface area contributed by atoms with E-state index in [2.05, 4.69) is 46.5 Å². The van der Waals surface area contributed by atoms with E-state index in [0.717, 1.165) is 12.3 Å². The van der Waals surface area contributed by atoms with Gasteiger partial charge in [0.15, 0.2) is 18.7 Å². The Morgan fingerprint density at radius 2 is 1.34 bits per heavy atom. The maximum absolute atomic E-state index is 10.0. The molecule has 0 aromatic carbocycles. The second-order valence-electron chi connectivity index (χ2n) is 8.25. The molecule has 0 spiro atoms. The number of aromatic nitrogens is 1. The number of nitrogens with zero attached hydrogens (tertiary/aromatic N) is 2. The van der Waals surface area contributed by atoms with E-state index >= 15 is 0 Å². The van der Waals surface area contributed by atoms with Crippen molar-refractivity contribution >= 4 is 12.0 Å². The van der Waals surface area contributed by atoms with Crippen LogP contribution in [0.5, 0.6) is 0 Å². The third-order valence-corrected chi connectivity index (χ3v) is 5.52. The lowest BCUT2D eigenvalue weighted by molar-refractivity contribution is -0.697. The van der Waals surface area contributed by atoms with Crippen LogP contribution in [-0.4, -0.2) is 11.2 Å². The SMILES string of the molecule is CCCCCCCCCCCCCCCC[n+]1ccccc1.O=Cc1occc1[N+](=O)[O-]. The van der Waals surface area contributed by atoms with Crippen LogP contribution in [0.2, 0.25) is 0 Å². The van der Waals surface area contributed by atoms with Crippen molar-refractivity contribution < 1.29 is 18.7 Å². The quantitative estimate of drug-likeness (QED) is 0.0832. The van der Waals surface area contributed by atoms with E-state index in [9.17, 15) is 14.9 Å². The molecule has 2 aromatic rings. The van der Waals surface area contributed by atoms with E-state index in [4.69, 9.17) is 0 Å². The predicted octanol–water partition coefficient (Wildman–Crippen LogP) is 7.46. The molecule has 0 aliphatic rings. The van der Waals surface area contributed by atoms with Gasteiger partial charge in [0.25, 0.3) is 0 Å². The summed E-state index contributed by atoms with van der Waals surface area (Å²) < 4.78 is 6.76. The molecule has 0 saturated carbocycles. The summed E-state index contributed by atoms with van der Waals surface area (Å²) in [5, 5.41) is 10.0. The first-order valence-electron chi connectivity index (χ1n) is 12.3. The lowest BCUT2D eigenvalue weighted by atomic mass is 10.0. The van der Waals surface area contributed by atoms with Crippen molar-refractivity contribution in [3.63, 3.8) is 0 Å². The van der Waals surface area contributed by atoms with Crippen LogP contribution in [0.3, 0.4) is 0 Å². The van der Waals surface area contributed by atoms with Crippen molar-refractivity contribution in [1.29, 1.82) is 0 Å². The molecule has 0 aliphatic heterocycles. The van der Waals surface area contributed by atoms with Gasteiger partial charge in [-0.05, 0) is 6.42 Å². The number of furan rings is 1. The summed E-state index contributed by atoms with van der Waals surface area (Å²) in [6, 6.07) is 7.44. The van der Waals surface area contributed by atoms with Gasteiger partial charge in [0, 0.05) is 18.6 Å². The zero-order chi connectivity index (χ0) is 23.3. The molecule has 2 rings (SSSR count). The number of aryl methyl sites for hydroxylation is 1. The highest BCUT2D eigenvalue weighted by molar-refractivity contribution is 5.76. The van der Waals surface area contributed by atoms with Crippen molar-refractivity contribution in [3.8, 4) is 0 Å². The second-order valence-corrected chi connectivity index (χ2v) is 8.25. The predicted molar refractivity (Wildman–Crippen MR) is 128 cm³/mol. The molecule has 0 N–H and O–H groups in total. The molecule has 0 radical (unpaired) electrons. The second kappa shape index (κ2) is 19.2. The van der Waals surface area contributed by atoms with Crippen LogP contribution < -0.4 is 4.57 Å². The Kier molecular flexibility index (Phi) is 16.5. The van der Waals surface area contributed by atoms with Gasteiger partial charge in [-0.1, -0.05) is 90.0 Å². The van der Waals surface area contributed by atoms with Gasteiger partial charge in [-0.25, -0.2) is 4.57 Å². The monoisotopic (exact) mass is 445 g/mol. The number of carbonyl (C=O) groups is 1. The molecule has 32 heavy (non-hydrogen) atoms. The maximum atomic E-state index is 10.0. The van der Waals surface area contributed by atoms with Gasteiger partial charge in [-0.2, -0.15) is 0 Å². The molecule has 0 amide bonds.